The highest BCUT2D eigenvalue weighted by Crippen LogP contribution is 2.21. The van der Waals surface area contributed by atoms with Crippen molar-refractivity contribution in [2.75, 3.05) is 18.4 Å². The van der Waals surface area contributed by atoms with Gasteiger partial charge in [0.2, 0.25) is 10.0 Å². The standard InChI is InChI=1S/C17H22N6O2S2/c1-4-14-5-6-17(26-14)27(24,25)22-8-7-18-15-9-16(20-10-19-15)23-11-21-12(2)13(23)3/h5-6,9-11,22H,4,7-8H2,1-3H3,(H,18,19,20). The lowest BCUT2D eigenvalue weighted by Crippen LogP contribution is -2.28. The fourth-order valence-corrected chi connectivity index (χ4v) is 4.82. The van der Waals surface area contributed by atoms with E-state index in [9.17, 15) is 8.42 Å². The minimum absolute atomic E-state index is 0.254. The lowest BCUT2D eigenvalue weighted by molar-refractivity contribution is 0.585. The maximum absolute atomic E-state index is 12.3. The molecule has 0 aromatic carbocycles. The minimum atomic E-state index is -3.47. The molecule has 0 saturated heterocycles. The van der Waals surface area contributed by atoms with Gasteiger partial charge in [0.25, 0.3) is 0 Å². The highest BCUT2D eigenvalue weighted by atomic mass is 32.2. The fraction of sp³-hybridized carbons (Fsp3) is 0.353. The Kier molecular flexibility index (Phi) is 5.88. The van der Waals surface area contributed by atoms with Crippen LogP contribution in [0.2, 0.25) is 0 Å². The average Bonchev–Trinajstić information content (AvgIpc) is 3.27. The summed E-state index contributed by atoms with van der Waals surface area (Å²) in [5.41, 5.74) is 1.95. The molecule has 0 aliphatic rings. The summed E-state index contributed by atoms with van der Waals surface area (Å²) in [6, 6.07) is 5.29. The summed E-state index contributed by atoms with van der Waals surface area (Å²) < 4.78 is 29.4. The highest BCUT2D eigenvalue weighted by Gasteiger charge is 2.15. The van der Waals surface area contributed by atoms with Crippen molar-refractivity contribution in [2.24, 2.45) is 0 Å². The van der Waals surface area contributed by atoms with Gasteiger partial charge in [-0.05, 0) is 32.4 Å². The zero-order valence-corrected chi connectivity index (χ0v) is 17.1. The molecule has 0 fully saturated rings. The van der Waals surface area contributed by atoms with Crippen LogP contribution in [0.1, 0.15) is 23.2 Å². The van der Waals surface area contributed by atoms with Crippen molar-refractivity contribution in [3.8, 4) is 5.82 Å². The Labute approximate surface area is 162 Å². The van der Waals surface area contributed by atoms with E-state index in [0.717, 1.165) is 22.7 Å². The van der Waals surface area contributed by atoms with Crippen LogP contribution < -0.4 is 10.0 Å². The van der Waals surface area contributed by atoms with E-state index in [1.807, 2.05) is 31.4 Å². The molecule has 8 nitrogen and oxygen atoms in total. The number of sulfonamides is 1. The Morgan fingerprint density at radius 3 is 2.63 bits per heavy atom. The van der Waals surface area contributed by atoms with Crippen LogP contribution in [0.3, 0.4) is 0 Å². The van der Waals surface area contributed by atoms with Gasteiger partial charge >= 0.3 is 0 Å². The van der Waals surface area contributed by atoms with Crippen molar-refractivity contribution in [3.63, 3.8) is 0 Å². The van der Waals surface area contributed by atoms with E-state index in [2.05, 4.69) is 25.0 Å². The molecule has 0 unspecified atom stereocenters. The number of imidazole rings is 1. The molecule has 0 amide bonds. The smallest absolute Gasteiger partial charge is 0.250 e. The maximum atomic E-state index is 12.3. The summed E-state index contributed by atoms with van der Waals surface area (Å²) in [7, 11) is -3.47. The van der Waals surface area contributed by atoms with E-state index in [1.165, 1.54) is 17.7 Å². The fourth-order valence-electron chi connectivity index (χ4n) is 2.44. The largest absolute Gasteiger partial charge is 0.369 e. The second-order valence-electron chi connectivity index (χ2n) is 5.95. The Hall–Kier alpha value is -2.30. The van der Waals surface area contributed by atoms with Gasteiger partial charge in [0.1, 0.15) is 28.5 Å². The van der Waals surface area contributed by atoms with E-state index in [0.29, 0.717) is 22.4 Å². The van der Waals surface area contributed by atoms with Crippen LogP contribution in [-0.2, 0) is 16.4 Å². The van der Waals surface area contributed by atoms with Gasteiger partial charge in [0.15, 0.2) is 0 Å². The third kappa shape index (κ3) is 4.52. The first-order valence-corrected chi connectivity index (χ1v) is 10.9. The number of nitrogens with one attached hydrogen (secondary N) is 2. The molecule has 0 aliphatic heterocycles. The third-order valence-electron chi connectivity index (χ3n) is 4.12. The van der Waals surface area contributed by atoms with Crippen LogP contribution in [0.4, 0.5) is 5.82 Å². The van der Waals surface area contributed by atoms with Gasteiger partial charge < -0.3 is 5.32 Å². The normalized spacial score (nSPS) is 11.7. The molecular formula is C17H22N6O2S2. The Bertz CT molecular complexity index is 1030. The number of anilines is 1. The summed E-state index contributed by atoms with van der Waals surface area (Å²) in [5, 5.41) is 3.11. The monoisotopic (exact) mass is 406 g/mol. The predicted molar refractivity (Wildman–Crippen MR) is 106 cm³/mol. The van der Waals surface area contributed by atoms with Crippen molar-refractivity contribution in [3.05, 3.63) is 47.1 Å². The Morgan fingerprint density at radius 2 is 1.96 bits per heavy atom. The van der Waals surface area contributed by atoms with Gasteiger partial charge in [0, 0.05) is 29.7 Å². The summed E-state index contributed by atoms with van der Waals surface area (Å²) in [5.74, 6) is 1.33. The van der Waals surface area contributed by atoms with E-state index in [4.69, 9.17) is 0 Å². The number of aromatic nitrogens is 4. The number of rotatable bonds is 8. The van der Waals surface area contributed by atoms with Crippen LogP contribution in [0.5, 0.6) is 0 Å². The van der Waals surface area contributed by atoms with Gasteiger partial charge in [0.05, 0.1) is 5.69 Å². The Balaban J connectivity index is 1.58. The molecular weight excluding hydrogens is 384 g/mol. The van der Waals surface area contributed by atoms with Gasteiger partial charge in [-0.3, -0.25) is 4.57 Å². The first kappa shape index (κ1) is 19.5. The van der Waals surface area contributed by atoms with Gasteiger partial charge in [-0.2, -0.15) is 0 Å². The molecule has 0 atom stereocenters. The van der Waals surface area contributed by atoms with E-state index < -0.39 is 10.0 Å². The third-order valence-corrected chi connectivity index (χ3v) is 7.31. The first-order valence-electron chi connectivity index (χ1n) is 8.56. The van der Waals surface area contributed by atoms with Crippen molar-refractivity contribution in [2.45, 2.75) is 31.4 Å². The molecule has 0 spiro atoms. The lowest BCUT2D eigenvalue weighted by Gasteiger charge is -2.09. The zero-order valence-electron chi connectivity index (χ0n) is 15.4. The minimum Gasteiger partial charge on any atom is -0.369 e. The molecule has 0 saturated carbocycles. The van der Waals surface area contributed by atoms with Gasteiger partial charge in [-0.15, -0.1) is 11.3 Å². The van der Waals surface area contributed by atoms with E-state index >= 15 is 0 Å². The Morgan fingerprint density at radius 1 is 1.15 bits per heavy atom. The number of nitrogens with zero attached hydrogens (tertiary/aromatic N) is 4. The molecule has 10 heteroatoms. The van der Waals surface area contributed by atoms with Gasteiger partial charge in [-0.25, -0.2) is 28.1 Å². The predicted octanol–water partition coefficient (Wildman–Crippen LogP) is 2.29. The molecule has 0 aliphatic carbocycles. The van der Waals surface area contributed by atoms with Crippen molar-refractivity contribution in [1.82, 2.24) is 24.2 Å². The molecule has 0 bridgehead atoms. The zero-order chi connectivity index (χ0) is 19.4. The van der Waals surface area contributed by atoms with E-state index in [1.54, 1.807) is 18.5 Å². The summed E-state index contributed by atoms with van der Waals surface area (Å²) in [6.07, 6.45) is 4.01. The number of thiophene rings is 1. The van der Waals surface area contributed by atoms with Crippen molar-refractivity contribution < 1.29 is 8.42 Å². The molecule has 3 rings (SSSR count). The summed E-state index contributed by atoms with van der Waals surface area (Å²) in [6.45, 7) is 6.58. The van der Waals surface area contributed by atoms with Crippen LogP contribution in [0, 0.1) is 13.8 Å². The SMILES string of the molecule is CCc1ccc(S(=O)(=O)NCCNc2cc(-n3cnc(C)c3C)ncn2)s1. The lowest BCUT2D eigenvalue weighted by atomic mass is 10.4. The number of hydrogen-bond acceptors (Lipinski definition) is 7. The number of hydrogen-bond donors (Lipinski definition) is 2. The maximum Gasteiger partial charge on any atom is 0.250 e. The molecule has 3 heterocycles. The topological polar surface area (TPSA) is 102 Å². The molecule has 3 aromatic heterocycles. The van der Waals surface area contributed by atoms with E-state index in [-0.39, 0.29) is 6.54 Å². The van der Waals surface area contributed by atoms with Crippen molar-refractivity contribution >= 4 is 27.2 Å². The summed E-state index contributed by atoms with van der Waals surface area (Å²) >= 11 is 1.30. The second kappa shape index (κ2) is 8.15. The summed E-state index contributed by atoms with van der Waals surface area (Å²) in [4.78, 5) is 13.8. The van der Waals surface area contributed by atoms with Crippen LogP contribution in [0.15, 0.2) is 35.1 Å². The van der Waals surface area contributed by atoms with Gasteiger partial charge in [-0.1, -0.05) is 6.92 Å². The van der Waals surface area contributed by atoms with Crippen LogP contribution in [0.25, 0.3) is 5.82 Å². The van der Waals surface area contributed by atoms with Crippen LogP contribution >= 0.6 is 11.3 Å². The highest BCUT2D eigenvalue weighted by molar-refractivity contribution is 7.91. The molecule has 144 valence electrons. The van der Waals surface area contributed by atoms with Crippen molar-refractivity contribution in [1.29, 1.82) is 0 Å². The molecule has 27 heavy (non-hydrogen) atoms. The molecule has 2 N–H and O–H groups in total. The molecule has 3 aromatic rings. The second-order valence-corrected chi connectivity index (χ2v) is 9.11. The molecule has 0 radical (unpaired) electrons. The van der Waals surface area contributed by atoms with Crippen LogP contribution in [-0.4, -0.2) is 41.0 Å². The quantitative estimate of drug-likeness (QED) is 0.557. The average molecular weight is 407 g/mol. The first-order chi connectivity index (χ1) is 12.9. The number of aryl methyl sites for hydroxylation is 2.